The molecule has 0 aromatic carbocycles. The van der Waals surface area contributed by atoms with Crippen LogP contribution >= 0.6 is 22.9 Å². The Bertz CT molecular complexity index is 673. The molecule has 142 valence electrons. The minimum atomic E-state index is -0.353. The molecule has 3 heterocycles. The average Bonchev–Trinajstić information content (AvgIpc) is 3.05. The zero-order chi connectivity index (χ0) is 18.1. The van der Waals surface area contributed by atoms with Crippen LogP contribution in [0.4, 0.5) is 0 Å². The molecular weight excluding hydrogens is 370 g/mol. The lowest BCUT2D eigenvalue weighted by Crippen LogP contribution is -2.69. The van der Waals surface area contributed by atoms with E-state index in [-0.39, 0.29) is 23.9 Å². The highest BCUT2D eigenvalue weighted by Crippen LogP contribution is 2.30. The van der Waals surface area contributed by atoms with Gasteiger partial charge in [0.2, 0.25) is 11.8 Å². The van der Waals surface area contributed by atoms with Crippen molar-refractivity contribution in [2.24, 2.45) is 5.92 Å². The number of hydrogen-bond acceptors (Lipinski definition) is 4. The van der Waals surface area contributed by atoms with Crippen molar-refractivity contribution >= 4 is 34.8 Å². The molecule has 0 radical (unpaired) electrons. The van der Waals surface area contributed by atoms with E-state index < -0.39 is 0 Å². The maximum atomic E-state index is 12.9. The van der Waals surface area contributed by atoms with Crippen molar-refractivity contribution in [2.75, 3.05) is 19.6 Å². The molecule has 4 rings (SSSR count). The van der Waals surface area contributed by atoms with Gasteiger partial charge in [-0.1, -0.05) is 43.7 Å². The number of fused-ring (bicyclic) bond motifs is 1. The van der Waals surface area contributed by atoms with Crippen molar-refractivity contribution in [3.8, 4) is 0 Å². The third kappa shape index (κ3) is 3.92. The Labute approximate surface area is 163 Å². The van der Waals surface area contributed by atoms with Gasteiger partial charge in [-0.25, -0.2) is 0 Å². The summed E-state index contributed by atoms with van der Waals surface area (Å²) in [5, 5.41) is 3.03. The van der Waals surface area contributed by atoms with E-state index in [1.54, 1.807) is 11.3 Å². The molecular formula is C19H26ClN3O2S. The lowest BCUT2D eigenvalue weighted by molar-refractivity contribution is -0.153. The molecule has 3 fully saturated rings. The number of carbonyl (C=O) groups is 2. The van der Waals surface area contributed by atoms with Crippen molar-refractivity contribution in [1.29, 1.82) is 0 Å². The number of halogens is 1. The molecule has 2 aliphatic heterocycles. The van der Waals surface area contributed by atoms with E-state index in [1.807, 2.05) is 17.0 Å². The highest BCUT2D eigenvalue weighted by molar-refractivity contribution is 7.16. The van der Waals surface area contributed by atoms with Gasteiger partial charge in [-0.05, 0) is 24.5 Å². The zero-order valence-corrected chi connectivity index (χ0v) is 16.5. The van der Waals surface area contributed by atoms with Crippen LogP contribution in [-0.4, -0.2) is 53.3 Å². The number of rotatable bonds is 4. The van der Waals surface area contributed by atoms with Gasteiger partial charge in [-0.2, -0.15) is 0 Å². The second kappa shape index (κ2) is 7.87. The first kappa shape index (κ1) is 18.3. The predicted octanol–water partition coefficient (Wildman–Crippen LogP) is 2.88. The number of amides is 2. The fourth-order valence-electron chi connectivity index (χ4n) is 4.57. The van der Waals surface area contributed by atoms with Gasteiger partial charge in [0.05, 0.1) is 4.34 Å². The lowest BCUT2D eigenvalue weighted by atomic mass is 9.84. The van der Waals surface area contributed by atoms with E-state index in [0.717, 1.165) is 23.8 Å². The summed E-state index contributed by atoms with van der Waals surface area (Å²) >= 11 is 7.58. The lowest BCUT2D eigenvalue weighted by Gasteiger charge is -2.45. The Balaban J connectivity index is 1.37. The van der Waals surface area contributed by atoms with Crippen molar-refractivity contribution in [1.82, 2.24) is 15.1 Å². The van der Waals surface area contributed by atoms with Crippen LogP contribution in [0.15, 0.2) is 12.1 Å². The molecule has 2 amide bonds. The second-order valence-electron chi connectivity index (χ2n) is 7.79. The van der Waals surface area contributed by atoms with E-state index >= 15 is 0 Å². The summed E-state index contributed by atoms with van der Waals surface area (Å²) in [6.07, 6.45) is 7.02. The van der Waals surface area contributed by atoms with Crippen LogP contribution in [0.25, 0.3) is 0 Å². The summed E-state index contributed by atoms with van der Waals surface area (Å²) in [6.45, 7) is 2.83. The van der Waals surface area contributed by atoms with Crippen molar-refractivity contribution in [3.63, 3.8) is 0 Å². The molecule has 5 nitrogen and oxygen atoms in total. The van der Waals surface area contributed by atoms with Crippen molar-refractivity contribution in [3.05, 3.63) is 21.3 Å². The normalized spacial score (nSPS) is 28.1. The molecule has 7 heteroatoms. The zero-order valence-electron chi connectivity index (χ0n) is 15.0. The highest BCUT2D eigenvalue weighted by atomic mass is 35.5. The molecule has 3 aliphatic rings. The Hall–Kier alpha value is -1.11. The summed E-state index contributed by atoms with van der Waals surface area (Å²) in [4.78, 5) is 30.9. The SMILES string of the molecule is O=C1N[C@@H](CC2CCCCC2)C(=O)N2CCN(Cc3ccc(Cl)s3)C[C@H]12. The average molecular weight is 396 g/mol. The van der Waals surface area contributed by atoms with Crippen LogP contribution in [0.3, 0.4) is 0 Å². The molecule has 1 aromatic heterocycles. The minimum Gasteiger partial charge on any atom is -0.342 e. The van der Waals surface area contributed by atoms with E-state index in [4.69, 9.17) is 11.6 Å². The molecule has 0 unspecified atom stereocenters. The fraction of sp³-hybridized carbons (Fsp3) is 0.684. The van der Waals surface area contributed by atoms with Gasteiger partial charge in [-0.3, -0.25) is 14.5 Å². The van der Waals surface area contributed by atoms with Gasteiger partial charge in [0.15, 0.2) is 0 Å². The van der Waals surface area contributed by atoms with Crippen LogP contribution < -0.4 is 5.32 Å². The molecule has 0 bridgehead atoms. The maximum absolute atomic E-state index is 12.9. The molecule has 1 saturated carbocycles. The van der Waals surface area contributed by atoms with Crippen molar-refractivity contribution in [2.45, 2.75) is 57.2 Å². The number of piperazine rings is 2. The first-order valence-corrected chi connectivity index (χ1v) is 10.9. The molecule has 0 spiro atoms. The smallest absolute Gasteiger partial charge is 0.245 e. The van der Waals surface area contributed by atoms with Gasteiger partial charge in [0, 0.05) is 31.1 Å². The second-order valence-corrected chi connectivity index (χ2v) is 9.59. The van der Waals surface area contributed by atoms with Crippen LogP contribution in [-0.2, 0) is 16.1 Å². The first-order chi connectivity index (χ1) is 12.6. The molecule has 2 saturated heterocycles. The monoisotopic (exact) mass is 395 g/mol. The Kier molecular flexibility index (Phi) is 5.53. The van der Waals surface area contributed by atoms with Gasteiger partial charge in [-0.15, -0.1) is 11.3 Å². The standard InChI is InChI=1S/C19H26ClN3O2S/c20-17-7-6-14(26-17)11-22-8-9-23-16(12-22)18(24)21-15(19(23)25)10-13-4-2-1-3-5-13/h6-7,13,15-16H,1-5,8-12H2,(H,21,24)/t15-,16+/m0/s1. The highest BCUT2D eigenvalue weighted by Gasteiger charge is 2.43. The van der Waals surface area contributed by atoms with Gasteiger partial charge in [0.1, 0.15) is 12.1 Å². The third-order valence-corrected chi connectivity index (χ3v) is 7.18. The molecule has 26 heavy (non-hydrogen) atoms. The summed E-state index contributed by atoms with van der Waals surface area (Å²) in [5.74, 6) is 0.720. The number of thiophene rings is 1. The molecule has 1 aromatic rings. The van der Waals surface area contributed by atoms with E-state index in [1.165, 1.54) is 37.0 Å². The molecule has 1 aliphatic carbocycles. The summed E-state index contributed by atoms with van der Waals surface area (Å²) < 4.78 is 0.787. The van der Waals surface area contributed by atoms with Crippen molar-refractivity contribution < 1.29 is 9.59 Å². The Morgan fingerprint density at radius 3 is 2.69 bits per heavy atom. The summed E-state index contributed by atoms with van der Waals surface area (Å²) in [7, 11) is 0. The number of hydrogen-bond donors (Lipinski definition) is 1. The Morgan fingerprint density at radius 2 is 1.96 bits per heavy atom. The predicted molar refractivity (Wildman–Crippen MR) is 103 cm³/mol. The number of carbonyl (C=O) groups excluding carboxylic acids is 2. The van der Waals surface area contributed by atoms with Gasteiger partial charge < -0.3 is 10.2 Å². The third-order valence-electron chi connectivity index (χ3n) is 5.97. The fourth-order valence-corrected chi connectivity index (χ4v) is 5.70. The molecule has 1 N–H and O–H groups in total. The minimum absolute atomic E-state index is 0.0133. The first-order valence-electron chi connectivity index (χ1n) is 9.67. The van der Waals surface area contributed by atoms with E-state index in [2.05, 4.69) is 10.2 Å². The van der Waals surface area contributed by atoms with Gasteiger partial charge in [0.25, 0.3) is 0 Å². The topological polar surface area (TPSA) is 52.7 Å². The number of nitrogens with zero attached hydrogens (tertiary/aromatic N) is 2. The summed E-state index contributed by atoms with van der Waals surface area (Å²) in [5.41, 5.74) is 0. The van der Waals surface area contributed by atoms with Crippen LogP contribution in [0, 0.1) is 5.92 Å². The van der Waals surface area contributed by atoms with Crippen LogP contribution in [0.5, 0.6) is 0 Å². The van der Waals surface area contributed by atoms with Crippen LogP contribution in [0.2, 0.25) is 4.34 Å². The largest absolute Gasteiger partial charge is 0.342 e. The summed E-state index contributed by atoms with van der Waals surface area (Å²) in [6, 6.07) is 3.27. The maximum Gasteiger partial charge on any atom is 0.245 e. The number of nitrogens with one attached hydrogen (secondary N) is 1. The van der Waals surface area contributed by atoms with Gasteiger partial charge >= 0.3 is 0 Å². The Morgan fingerprint density at radius 1 is 1.15 bits per heavy atom. The quantitative estimate of drug-likeness (QED) is 0.852. The van der Waals surface area contributed by atoms with Crippen LogP contribution in [0.1, 0.15) is 43.4 Å². The molecule has 2 atom stereocenters. The van der Waals surface area contributed by atoms with E-state index in [9.17, 15) is 9.59 Å². The van der Waals surface area contributed by atoms with E-state index in [0.29, 0.717) is 19.0 Å².